The van der Waals surface area contributed by atoms with Crippen molar-refractivity contribution in [2.45, 2.75) is 38.4 Å². The molecule has 2 atom stereocenters. The number of carbonyl (C=O) groups is 1. The van der Waals surface area contributed by atoms with Crippen molar-refractivity contribution in [2.24, 2.45) is 5.92 Å². The van der Waals surface area contributed by atoms with E-state index in [0.717, 1.165) is 25.1 Å². The summed E-state index contributed by atoms with van der Waals surface area (Å²) in [5, 5.41) is 0. The smallest absolute Gasteiger partial charge is 0.227 e. The fourth-order valence-electron chi connectivity index (χ4n) is 2.51. The van der Waals surface area contributed by atoms with E-state index in [1.54, 1.807) is 0 Å². The molecule has 3 heteroatoms. The number of aryl methyl sites for hydroxylation is 2. The van der Waals surface area contributed by atoms with Crippen LogP contribution in [0.25, 0.3) is 0 Å². The fourth-order valence-corrected chi connectivity index (χ4v) is 3.13. The Morgan fingerprint density at radius 1 is 1.42 bits per heavy atom. The second-order valence-electron chi connectivity index (χ2n) is 5.73. The first-order valence-corrected chi connectivity index (χ1v) is 7.87. The molecule has 1 amide bonds. The number of nitrogens with zero attached hydrogens (tertiary/aromatic N) is 1. The van der Waals surface area contributed by atoms with Gasteiger partial charge in [-0.2, -0.15) is 0 Å². The molecule has 19 heavy (non-hydrogen) atoms. The average molecular weight is 324 g/mol. The number of likely N-dealkylation sites (tertiary alicyclic amines) is 1. The topological polar surface area (TPSA) is 20.3 Å². The first-order chi connectivity index (χ1) is 8.97. The maximum atomic E-state index is 12.4. The summed E-state index contributed by atoms with van der Waals surface area (Å²) in [6, 6.07) is 6.33. The van der Waals surface area contributed by atoms with Crippen LogP contribution in [0.1, 0.15) is 30.0 Å². The van der Waals surface area contributed by atoms with Gasteiger partial charge in [-0.3, -0.25) is 4.79 Å². The van der Waals surface area contributed by atoms with Crippen LogP contribution in [0.5, 0.6) is 0 Å². The van der Waals surface area contributed by atoms with Gasteiger partial charge in [0.2, 0.25) is 5.91 Å². The van der Waals surface area contributed by atoms with E-state index in [2.05, 4.69) is 54.9 Å². The number of alkyl halides is 1. The highest BCUT2D eigenvalue weighted by molar-refractivity contribution is 9.09. The molecule has 2 rings (SSSR count). The first-order valence-electron chi connectivity index (χ1n) is 6.95. The normalized spacial score (nSPS) is 23.5. The van der Waals surface area contributed by atoms with E-state index in [1.165, 1.54) is 11.1 Å². The van der Waals surface area contributed by atoms with Crippen LogP contribution in [0.2, 0.25) is 0 Å². The number of benzene rings is 1. The maximum absolute atomic E-state index is 12.4. The Morgan fingerprint density at radius 3 is 2.84 bits per heavy atom. The third-order valence-electron chi connectivity index (χ3n) is 4.07. The lowest BCUT2D eigenvalue weighted by Crippen LogP contribution is -2.44. The number of amides is 1. The number of rotatable bonds is 2. The Balaban J connectivity index is 2.03. The number of hydrogen-bond acceptors (Lipinski definition) is 1. The minimum absolute atomic E-state index is 0.255. The van der Waals surface area contributed by atoms with Gasteiger partial charge < -0.3 is 4.90 Å². The summed E-state index contributed by atoms with van der Waals surface area (Å²) in [5.74, 6) is 0.912. The van der Waals surface area contributed by atoms with Gasteiger partial charge >= 0.3 is 0 Å². The van der Waals surface area contributed by atoms with Crippen LogP contribution in [0.4, 0.5) is 0 Å². The minimum Gasteiger partial charge on any atom is -0.341 e. The SMILES string of the molecule is Cc1ccc(C)c(CC(=O)N2CCC(C)C(Br)C2)c1. The standard InChI is InChI=1S/C16H22BrNO/c1-11-4-5-12(2)14(8-11)9-16(19)18-7-6-13(3)15(17)10-18/h4-5,8,13,15H,6-7,9-10H2,1-3H3. The maximum Gasteiger partial charge on any atom is 0.227 e. The first kappa shape index (κ1) is 14.6. The van der Waals surface area contributed by atoms with E-state index in [-0.39, 0.29) is 5.91 Å². The van der Waals surface area contributed by atoms with Crippen LogP contribution >= 0.6 is 15.9 Å². The van der Waals surface area contributed by atoms with Gasteiger partial charge in [0.1, 0.15) is 0 Å². The Morgan fingerprint density at radius 2 is 2.16 bits per heavy atom. The van der Waals surface area contributed by atoms with Gasteiger partial charge in [-0.25, -0.2) is 0 Å². The average Bonchev–Trinajstić information content (AvgIpc) is 2.37. The van der Waals surface area contributed by atoms with Crippen molar-refractivity contribution in [1.29, 1.82) is 0 Å². The molecule has 0 N–H and O–H groups in total. The molecule has 0 saturated carbocycles. The summed E-state index contributed by atoms with van der Waals surface area (Å²) in [6.07, 6.45) is 1.62. The molecule has 1 aromatic rings. The number of piperidine rings is 1. The van der Waals surface area contributed by atoms with Crippen LogP contribution in [0.3, 0.4) is 0 Å². The number of hydrogen-bond donors (Lipinski definition) is 0. The van der Waals surface area contributed by atoms with E-state index < -0.39 is 0 Å². The molecule has 104 valence electrons. The van der Waals surface area contributed by atoms with E-state index in [1.807, 2.05) is 4.90 Å². The minimum atomic E-state index is 0.255. The van der Waals surface area contributed by atoms with Crippen LogP contribution in [0, 0.1) is 19.8 Å². The molecule has 1 saturated heterocycles. The second kappa shape index (κ2) is 6.08. The molecule has 0 aliphatic carbocycles. The third kappa shape index (κ3) is 3.59. The van der Waals surface area contributed by atoms with Gasteiger partial charge in [0, 0.05) is 17.9 Å². The van der Waals surface area contributed by atoms with Gasteiger partial charge in [0.15, 0.2) is 0 Å². The Bertz CT molecular complexity index is 472. The molecule has 1 aromatic carbocycles. The van der Waals surface area contributed by atoms with Gasteiger partial charge in [0.05, 0.1) is 6.42 Å². The van der Waals surface area contributed by atoms with Crippen molar-refractivity contribution >= 4 is 21.8 Å². The predicted octanol–water partition coefficient (Wildman–Crippen LogP) is 3.48. The number of carbonyl (C=O) groups excluding carboxylic acids is 1. The summed E-state index contributed by atoms with van der Waals surface area (Å²) < 4.78 is 0. The highest BCUT2D eigenvalue weighted by Gasteiger charge is 2.27. The van der Waals surface area contributed by atoms with Crippen LogP contribution in [-0.4, -0.2) is 28.7 Å². The lowest BCUT2D eigenvalue weighted by molar-refractivity contribution is -0.131. The third-order valence-corrected chi connectivity index (χ3v) is 5.26. The zero-order valence-corrected chi connectivity index (χ0v) is 13.5. The molecule has 0 spiro atoms. The molecular weight excluding hydrogens is 302 g/mol. The quantitative estimate of drug-likeness (QED) is 0.763. The molecule has 1 heterocycles. The van der Waals surface area contributed by atoms with Crippen LogP contribution < -0.4 is 0 Å². The lowest BCUT2D eigenvalue weighted by atomic mass is 9.97. The molecule has 2 unspecified atom stereocenters. The van der Waals surface area contributed by atoms with Crippen molar-refractivity contribution in [2.75, 3.05) is 13.1 Å². The molecule has 2 nitrogen and oxygen atoms in total. The summed E-state index contributed by atoms with van der Waals surface area (Å²) in [5.41, 5.74) is 3.59. The van der Waals surface area contributed by atoms with E-state index in [4.69, 9.17) is 0 Å². The lowest BCUT2D eigenvalue weighted by Gasteiger charge is -2.34. The molecule has 1 aliphatic heterocycles. The van der Waals surface area contributed by atoms with Gasteiger partial charge in [-0.1, -0.05) is 46.6 Å². The van der Waals surface area contributed by atoms with E-state index in [9.17, 15) is 4.79 Å². The Kier molecular flexibility index (Phi) is 4.67. The van der Waals surface area contributed by atoms with Crippen LogP contribution in [0.15, 0.2) is 18.2 Å². The molecule has 0 radical (unpaired) electrons. The number of halogens is 1. The molecule has 1 aliphatic rings. The summed E-state index contributed by atoms with van der Waals surface area (Å²) >= 11 is 3.68. The monoisotopic (exact) mass is 323 g/mol. The Hall–Kier alpha value is -0.830. The zero-order valence-electron chi connectivity index (χ0n) is 11.9. The van der Waals surface area contributed by atoms with Gasteiger partial charge in [0.25, 0.3) is 0 Å². The van der Waals surface area contributed by atoms with Crippen molar-refractivity contribution < 1.29 is 4.79 Å². The highest BCUT2D eigenvalue weighted by atomic mass is 79.9. The molecule has 1 fully saturated rings. The van der Waals surface area contributed by atoms with Crippen molar-refractivity contribution in [3.05, 3.63) is 34.9 Å². The second-order valence-corrected chi connectivity index (χ2v) is 6.90. The zero-order chi connectivity index (χ0) is 14.0. The van der Waals surface area contributed by atoms with E-state index in [0.29, 0.717) is 17.2 Å². The largest absolute Gasteiger partial charge is 0.341 e. The molecule has 0 bridgehead atoms. The predicted molar refractivity (Wildman–Crippen MR) is 82.7 cm³/mol. The van der Waals surface area contributed by atoms with Gasteiger partial charge in [-0.05, 0) is 37.3 Å². The van der Waals surface area contributed by atoms with E-state index >= 15 is 0 Å². The van der Waals surface area contributed by atoms with Crippen molar-refractivity contribution in [3.8, 4) is 0 Å². The summed E-state index contributed by atoms with van der Waals surface area (Å²) in [7, 11) is 0. The highest BCUT2D eigenvalue weighted by Crippen LogP contribution is 2.24. The van der Waals surface area contributed by atoms with Crippen molar-refractivity contribution in [1.82, 2.24) is 4.90 Å². The molecular formula is C16H22BrNO. The molecule has 0 aromatic heterocycles. The van der Waals surface area contributed by atoms with Crippen LogP contribution in [-0.2, 0) is 11.2 Å². The summed E-state index contributed by atoms with van der Waals surface area (Å²) in [6.45, 7) is 8.13. The Labute approximate surface area is 124 Å². The van der Waals surface area contributed by atoms with Gasteiger partial charge in [-0.15, -0.1) is 0 Å². The fraction of sp³-hybridized carbons (Fsp3) is 0.562. The van der Waals surface area contributed by atoms with Crippen molar-refractivity contribution in [3.63, 3.8) is 0 Å². The summed E-state index contributed by atoms with van der Waals surface area (Å²) in [4.78, 5) is 14.8.